The van der Waals surface area contributed by atoms with Crippen molar-refractivity contribution in [2.24, 2.45) is 35.5 Å². The third-order valence-electron chi connectivity index (χ3n) is 6.96. The Bertz CT molecular complexity index is 288. The first-order chi connectivity index (χ1) is 8.38. The van der Waals surface area contributed by atoms with E-state index in [0.29, 0.717) is 0 Å². The van der Waals surface area contributed by atoms with Gasteiger partial charge in [0.15, 0.2) is 0 Å². The van der Waals surface area contributed by atoms with Gasteiger partial charge in [-0.25, -0.2) is 0 Å². The van der Waals surface area contributed by atoms with E-state index in [0.717, 1.165) is 41.5 Å². The van der Waals surface area contributed by atoms with E-state index in [-0.39, 0.29) is 0 Å². The van der Waals surface area contributed by atoms with Crippen LogP contribution in [-0.2, 0) is 0 Å². The summed E-state index contributed by atoms with van der Waals surface area (Å²) in [5, 5.41) is 3.96. The van der Waals surface area contributed by atoms with E-state index < -0.39 is 0 Å². The highest BCUT2D eigenvalue weighted by Gasteiger charge is 2.53. The fraction of sp³-hybridized carbons (Fsp3) is 1.00. The van der Waals surface area contributed by atoms with Gasteiger partial charge in [0.1, 0.15) is 0 Å². The molecule has 0 amide bonds. The van der Waals surface area contributed by atoms with Crippen molar-refractivity contribution in [2.45, 2.75) is 57.9 Å². The highest BCUT2D eigenvalue weighted by Crippen LogP contribution is 2.59. The average molecular weight is 233 g/mol. The SMILES string of the molecule is CCC1C2CCC1C2CNC1CCC2CCC21. The van der Waals surface area contributed by atoms with Crippen LogP contribution in [0.4, 0.5) is 0 Å². The van der Waals surface area contributed by atoms with E-state index in [1.54, 1.807) is 12.8 Å². The summed E-state index contributed by atoms with van der Waals surface area (Å²) in [7, 11) is 0. The molecule has 1 N–H and O–H groups in total. The Hall–Kier alpha value is -0.0400. The highest BCUT2D eigenvalue weighted by molar-refractivity contribution is 5.04. The molecule has 5 aliphatic rings. The topological polar surface area (TPSA) is 12.0 Å². The van der Waals surface area contributed by atoms with Gasteiger partial charge >= 0.3 is 0 Å². The van der Waals surface area contributed by atoms with Gasteiger partial charge in [-0.2, -0.15) is 0 Å². The van der Waals surface area contributed by atoms with Crippen LogP contribution in [0.3, 0.4) is 0 Å². The zero-order chi connectivity index (χ0) is 11.4. The van der Waals surface area contributed by atoms with Crippen LogP contribution in [0.5, 0.6) is 0 Å². The molecule has 1 heteroatoms. The molecule has 5 rings (SSSR count). The number of nitrogens with one attached hydrogen (secondary N) is 1. The fourth-order valence-corrected chi connectivity index (χ4v) is 5.91. The van der Waals surface area contributed by atoms with Gasteiger partial charge < -0.3 is 5.32 Å². The highest BCUT2D eigenvalue weighted by atomic mass is 15.0. The molecular formula is C16H27N. The van der Waals surface area contributed by atoms with Crippen LogP contribution in [0.15, 0.2) is 0 Å². The van der Waals surface area contributed by atoms with Crippen molar-refractivity contribution in [3.8, 4) is 0 Å². The van der Waals surface area contributed by atoms with Crippen molar-refractivity contribution in [3.05, 3.63) is 0 Å². The van der Waals surface area contributed by atoms with Gasteiger partial charge in [-0.05, 0) is 80.6 Å². The summed E-state index contributed by atoms with van der Waals surface area (Å²) in [6.07, 6.45) is 10.6. The van der Waals surface area contributed by atoms with E-state index in [1.807, 2.05) is 0 Å². The molecule has 5 unspecified atom stereocenters. The van der Waals surface area contributed by atoms with E-state index in [1.165, 1.54) is 38.6 Å². The minimum absolute atomic E-state index is 0.911. The maximum Gasteiger partial charge on any atom is 0.00981 e. The lowest BCUT2D eigenvalue weighted by atomic mass is 9.62. The molecule has 0 aromatic carbocycles. The molecule has 2 bridgehead atoms. The summed E-state index contributed by atoms with van der Waals surface area (Å²) < 4.78 is 0. The van der Waals surface area contributed by atoms with Gasteiger partial charge in [0.2, 0.25) is 0 Å². The maximum absolute atomic E-state index is 3.96. The molecule has 0 spiro atoms. The fourth-order valence-electron chi connectivity index (χ4n) is 5.91. The summed E-state index contributed by atoms with van der Waals surface area (Å²) >= 11 is 0. The summed E-state index contributed by atoms with van der Waals surface area (Å²) in [4.78, 5) is 0. The van der Waals surface area contributed by atoms with Crippen LogP contribution in [0.1, 0.15) is 51.9 Å². The van der Waals surface area contributed by atoms with Gasteiger partial charge in [-0.1, -0.05) is 13.3 Å². The largest absolute Gasteiger partial charge is 0.313 e. The van der Waals surface area contributed by atoms with Gasteiger partial charge in [0.25, 0.3) is 0 Å². The van der Waals surface area contributed by atoms with Crippen molar-refractivity contribution in [1.82, 2.24) is 5.32 Å². The molecule has 0 aliphatic heterocycles. The quantitative estimate of drug-likeness (QED) is 0.784. The molecule has 0 radical (unpaired) electrons. The van der Waals surface area contributed by atoms with Crippen molar-refractivity contribution in [3.63, 3.8) is 0 Å². The first-order valence-corrected chi connectivity index (χ1v) is 8.12. The molecule has 0 heterocycles. The first-order valence-electron chi connectivity index (χ1n) is 8.12. The zero-order valence-corrected chi connectivity index (χ0v) is 11.2. The van der Waals surface area contributed by atoms with Crippen LogP contribution in [0.2, 0.25) is 0 Å². The molecule has 0 saturated heterocycles. The Morgan fingerprint density at radius 2 is 1.53 bits per heavy atom. The Morgan fingerprint density at radius 1 is 0.824 bits per heavy atom. The van der Waals surface area contributed by atoms with Crippen LogP contribution in [0.25, 0.3) is 0 Å². The molecule has 96 valence electrons. The monoisotopic (exact) mass is 233 g/mol. The molecule has 17 heavy (non-hydrogen) atoms. The average Bonchev–Trinajstić information content (AvgIpc) is 2.93. The first kappa shape index (κ1) is 10.8. The van der Waals surface area contributed by atoms with Crippen molar-refractivity contribution in [1.29, 1.82) is 0 Å². The maximum atomic E-state index is 3.96. The van der Waals surface area contributed by atoms with Crippen molar-refractivity contribution < 1.29 is 0 Å². The Kier molecular flexibility index (Phi) is 2.54. The third-order valence-corrected chi connectivity index (χ3v) is 6.96. The van der Waals surface area contributed by atoms with Gasteiger partial charge in [0, 0.05) is 6.04 Å². The number of fused-ring (bicyclic) bond motifs is 2. The summed E-state index contributed by atoms with van der Waals surface area (Å²) in [6, 6.07) is 0.911. The van der Waals surface area contributed by atoms with E-state index in [4.69, 9.17) is 0 Å². The number of hydrogen-bond acceptors (Lipinski definition) is 1. The van der Waals surface area contributed by atoms with Gasteiger partial charge in [0.05, 0.1) is 0 Å². The van der Waals surface area contributed by atoms with Crippen LogP contribution < -0.4 is 5.32 Å². The van der Waals surface area contributed by atoms with Gasteiger partial charge in [-0.3, -0.25) is 0 Å². The van der Waals surface area contributed by atoms with Crippen molar-refractivity contribution >= 4 is 0 Å². The van der Waals surface area contributed by atoms with Crippen molar-refractivity contribution in [2.75, 3.05) is 6.54 Å². The Labute approximate surface area is 106 Å². The minimum atomic E-state index is 0.911. The Morgan fingerprint density at radius 3 is 2.12 bits per heavy atom. The standard InChI is InChI=1S/C16H27N/c1-2-11-13-6-7-14(11)15(13)9-17-16-8-4-10-3-5-12(10)16/h10-17H,2-9H2,1H3. The summed E-state index contributed by atoms with van der Waals surface area (Å²) in [5.41, 5.74) is 0. The summed E-state index contributed by atoms with van der Waals surface area (Å²) in [5.74, 6) is 6.59. The van der Waals surface area contributed by atoms with E-state index in [2.05, 4.69) is 12.2 Å². The van der Waals surface area contributed by atoms with Gasteiger partial charge in [-0.15, -0.1) is 0 Å². The molecule has 0 aromatic heterocycles. The zero-order valence-electron chi connectivity index (χ0n) is 11.2. The molecular weight excluding hydrogens is 206 g/mol. The Balaban J connectivity index is 1.29. The summed E-state index contributed by atoms with van der Waals surface area (Å²) in [6.45, 7) is 3.76. The second kappa shape index (κ2) is 3.98. The van der Waals surface area contributed by atoms with E-state index >= 15 is 0 Å². The minimum Gasteiger partial charge on any atom is -0.313 e. The predicted octanol–water partition coefficient (Wildman–Crippen LogP) is 3.45. The van der Waals surface area contributed by atoms with Crippen LogP contribution in [-0.4, -0.2) is 12.6 Å². The number of hydrogen-bond donors (Lipinski definition) is 1. The predicted molar refractivity (Wildman–Crippen MR) is 70.7 cm³/mol. The lowest BCUT2D eigenvalue weighted by molar-refractivity contribution is 0.0415. The number of rotatable bonds is 4. The lowest BCUT2D eigenvalue weighted by Gasteiger charge is -2.46. The third kappa shape index (κ3) is 1.47. The van der Waals surface area contributed by atoms with Crippen LogP contribution >= 0.6 is 0 Å². The van der Waals surface area contributed by atoms with E-state index in [9.17, 15) is 0 Å². The lowest BCUT2D eigenvalue weighted by Crippen LogP contribution is -2.48. The second-order valence-corrected chi connectivity index (χ2v) is 7.23. The molecule has 5 fully saturated rings. The normalized spacial score (nSPS) is 55.2. The molecule has 5 saturated carbocycles. The molecule has 1 nitrogen and oxygen atoms in total. The smallest absolute Gasteiger partial charge is 0.00981 e. The van der Waals surface area contributed by atoms with Crippen LogP contribution in [0, 0.1) is 35.5 Å². The molecule has 0 aromatic rings. The molecule has 5 atom stereocenters. The molecule has 5 aliphatic carbocycles. The second-order valence-electron chi connectivity index (χ2n) is 7.23.